The van der Waals surface area contributed by atoms with E-state index in [0.29, 0.717) is 63.1 Å². The summed E-state index contributed by atoms with van der Waals surface area (Å²) >= 11 is 6.51. The number of halogens is 1. The highest BCUT2D eigenvalue weighted by atomic mass is 35.5. The predicted molar refractivity (Wildman–Crippen MR) is 166 cm³/mol. The first-order valence-electron chi connectivity index (χ1n) is 14.8. The van der Waals surface area contributed by atoms with Crippen molar-refractivity contribution in [2.24, 2.45) is 0 Å². The Balaban J connectivity index is 1.09. The Hall–Kier alpha value is -4.09. The number of ether oxygens (including phenoxy) is 3. The highest BCUT2D eigenvalue weighted by Crippen LogP contribution is 2.37. The van der Waals surface area contributed by atoms with Crippen molar-refractivity contribution in [3.05, 3.63) is 54.1 Å². The van der Waals surface area contributed by atoms with Crippen LogP contribution in [0.1, 0.15) is 51.0 Å². The third kappa shape index (κ3) is 7.11. The molecule has 6 rings (SSSR count). The van der Waals surface area contributed by atoms with Crippen LogP contribution in [0.25, 0.3) is 10.9 Å². The number of rotatable bonds is 11. The van der Waals surface area contributed by atoms with Gasteiger partial charge in [0, 0.05) is 24.9 Å². The molecule has 4 aromatic rings. The highest BCUT2D eigenvalue weighted by molar-refractivity contribution is 6.34. The molecule has 1 saturated carbocycles. The number of methoxy groups -OCH3 is 1. The van der Waals surface area contributed by atoms with E-state index >= 15 is 0 Å². The van der Waals surface area contributed by atoms with Crippen LogP contribution in [0, 0.1) is 0 Å². The van der Waals surface area contributed by atoms with Crippen LogP contribution in [0.2, 0.25) is 5.02 Å². The maximum Gasteiger partial charge on any atom is 0.323 e. The number of nitrogens with one attached hydrogen (secondary N) is 2. The van der Waals surface area contributed by atoms with Gasteiger partial charge in [-0.3, -0.25) is 4.68 Å². The number of hydrogen-bond donors (Lipinski definition) is 2. The van der Waals surface area contributed by atoms with Gasteiger partial charge in [-0.1, -0.05) is 24.4 Å². The minimum absolute atomic E-state index is 0.315. The zero-order valence-electron chi connectivity index (χ0n) is 24.2. The molecule has 0 spiro atoms. The van der Waals surface area contributed by atoms with Crippen molar-refractivity contribution in [3.63, 3.8) is 0 Å². The Bertz CT molecular complexity index is 1570. The molecule has 2 aliphatic rings. The van der Waals surface area contributed by atoms with E-state index in [1.54, 1.807) is 31.5 Å². The second kappa shape index (κ2) is 13.5. The fourth-order valence-corrected chi connectivity index (χ4v) is 5.92. The van der Waals surface area contributed by atoms with Gasteiger partial charge in [-0.15, -0.1) is 0 Å². The Morgan fingerprint density at radius 1 is 1.05 bits per heavy atom. The molecule has 11 nitrogen and oxygen atoms in total. The Kier molecular flexibility index (Phi) is 9.09. The molecular weight excluding hydrogens is 570 g/mol. The summed E-state index contributed by atoms with van der Waals surface area (Å²) in [7, 11) is 1.60. The van der Waals surface area contributed by atoms with Crippen molar-refractivity contribution in [1.82, 2.24) is 24.6 Å². The van der Waals surface area contributed by atoms with Crippen LogP contribution in [-0.4, -0.2) is 64.0 Å². The lowest BCUT2D eigenvalue weighted by Crippen LogP contribution is -2.21. The number of carbonyl (C=O) groups excluding carboxylic acids is 1. The quantitative estimate of drug-likeness (QED) is 0.177. The average molecular weight is 606 g/mol. The zero-order chi connectivity index (χ0) is 29.6. The molecule has 2 fully saturated rings. The molecule has 2 amide bonds. The summed E-state index contributed by atoms with van der Waals surface area (Å²) in [5.41, 5.74) is 1.73. The number of fused-ring (bicyclic) bond motifs is 1. The predicted octanol–water partition coefficient (Wildman–Crippen LogP) is 6.90. The van der Waals surface area contributed by atoms with Crippen molar-refractivity contribution in [2.75, 3.05) is 44.0 Å². The van der Waals surface area contributed by atoms with Gasteiger partial charge in [-0.05, 0) is 63.4 Å². The lowest BCUT2D eigenvalue weighted by Gasteiger charge is -2.16. The molecule has 226 valence electrons. The normalized spacial score (nSPS) is 15.6. The van der Waals surface area contributed by atoms with E-state index in [9.17, 15) is 4.79 Å². The third-order valence-electron chi connectivity index (χ3n) is 7.92. The van der Waals surface area contributed by atoms with E-state index in [2.05, 4.69) is 30.6 Å². The van der Waals surface area contributed by atoms with Gasteiger partial charge < -0.3 is 29.7 Å². The molecule has 2 aromatic carbocycles. The van der Waals surface area contributed by atoms with Crippen LogP contribution in [0.4, 0.5) is 16.2 Å². The summed E-state index contributed by atoms with van der Waals surface area (Å²) in [6, 6.07) is 8.66. The Morgan fingerprint density at radius 3 is 2.67 bits per heavy atom. The van der Waals surface area contributed by atoms with Crippen LogP contribution in [0.5, 0.6) is 23.1 Å². The molecule has 2 N–H and O–H groups in total. The summed E-state index contributed by atoms with van der Waals surface area (Å²) in [6.45, 7) is 3.97. The standard InChI is InChI=1S/C31H36ClN7O4/c1-41-28-16-24-27(17-29(28)42-14-6-13-38-11-4-5-12-38)33-20-34-30(24)43-23-9-10-26(25(32)15-23)37-31(40)36-21-18-35-39(19-21)22-7-2-3-8-22/h9-10,15-20,22H,2-8,11-14H2,1H3,(H2,36,37,40). The molecule has 0 bridgehead atoms. The molecule has 1 aliphatic heterocycles. The number of benzene rings is 2. The SMILES string of the molecule is COc1cc2c(Oc3ccc(NC(=O)Nc4cnn(C5CCCC5)c4)c(Cl)c3)ncnc2cc1OCCCN1CCCC1. The van der Waals surface area contributed by atoms with E-state index in [4.69, 9.17) is 25.8 Å². The van der Waals surface area contributed by atoms with Gasteiger partial charge in [0.25, 0.3) is 0 Å². The molecule has 12 heteroatoms. The number of amides is 2. The second-order valence-corrected chi connectivity index (χ2v) is 11.3. The topological polar surface area (TPSA) is 116 Å². The van der Waals surface area contributed by atoms with Gasteiger partial charge in [-0.25, -0.2) is 14.8 Å². The first kappa shape index (κ1) is 29.0. The molecule has 1 aliphatic carbocycles. The van der Waals surface area contributed by atoms with Gasteiger partial charge in [0.05, 0.1) is 53.3 Å². The van der Waals surface area contributed by atoms with Gasteiger partial charge >= 0.3 is 6.03 Å². The highest BCUT2D eigenvalue weighted by Gasteiger charge is 2.19. The van der Waals surface area contributed by atoms with Crippen LogP contribution in [0.3, 0.4) is 0 Å². The fraction of sp³-hybridized carbons (Fsp3) is 0.419. The maximum absolute atomic E-state index is 12.6. The van der Waals surface area contributed by atoms with Crippen molar-refractivity contribution in [2.45, 2.75) is 51.0 Å². The van der Waals surface area contributed by atoms with Gasteiger partial charge in [0.2, 0.25) is 5.88 Å². The van der Waals surface area contributed by atoms with E-state index in [-0.39, 0.29) is 0 Å². The second-order valence-electron chi connectivity index (χ2n) is 10.9. The van der Waals surface area contributed by atoms with Crippen molar-refractivity contribution in [1.29, 1.82) is 0 Å². The Morgan fingerprint density at radius 2 is 1.88 bits per heavy atom. The summed E-state index contributed by atoms with van der Waals surface area (Å²) in [4.78, 5) is 23.8. The third-order valence-corrected chi connectivity index (χ3v) is 8.23. The summed E-state index contributed by atoms with van der Waals surface area (Å²) in [6.07, 6.45) is 13.1. The average Bonchev–Trinajstić information content (AvgIpc) is 3.80. The monoisotopic (exact) mass is 605 g/mol. The number of urea groups is 1. The number of aromatic nitrogens is 4. The number of anilines is 2. The van der Waals surface area contributed by atoms with E-state index in [1.807, 2.05) is 23.0 Å². The maximum atomic E-state index is 12.6. The minimum Gasteiger partial charge on any atom is -0.493 e. The molecule has 0 atom stereocenters. The largest absolute Gasteiger partial charge is 0.493 e. The zero-order valence-corrected chi connectivity index (χ0v) is 25.0. The van der Waals surface area contributed by atoms with Crippen LogP contribution in [-0.2, 0) is 0 Å². The molecular formula is C31H36ClN7O4. The molecule has 43 heavy (non-hydrogen) atoms. The summed E-state index contributed by atoms with van der Waals surface area (Å²) < 4.78 is 19.7. The van der Waals surface area contributed by atoms with E-state index < -0.39 is 6.03 Å². The minimum atomic E-state index is -0.413. The van der Waals surface area contributed by atoms with Crippen LogP contribution in [0.15, 0.2) is 49.1 Å². The molecule has 0 radical (unpaired) electrons. The molecule has 2 aromatic heterocycles. The lowest BCUT2D eigenvalue weighted by atomic mass is 10.2. The summed E-state index contributed by atoms with van der Waals surface area (Å²) in [5.74, 6) is 2.00. The molecule has 3 heterocycles. The first-order valence-corrected chi connectivity index (χ1v) is 15.2. The van der Waals surface area contributed by atoms with E-state index in [0.717, 1.165) is 25.8 Å². The molecule has 1 saturated heterocycles. The van der Waals surface area contributed by atoms with Crippen LogP contribution < -0.4 is 24.8 Å². The number of carbonyl (C=O) groups is 1. The van der Waals surface area contributed by atoms with Crippen molar-refractivity contribution < 1.29 is 19.0 Å². The van der Waals surface area contributed by atoms with E-state index in [1.165, 1.54) is 45.1 Å². The number of likely N-dealkylation sites (tertiary alicyclic amines) is 1. The fourth-order valence-electron chi connectivity index (χ4n) is 5.70. The van der Waals surface area contributed by atoms with Crippen molar-refractivity contribution in [3.8, 4) is 23.1 Å². The first-order chi connectivity index (χ1) is 21.1. The number of nitrogens with zero attached hydrogens (tertiary/aromatic N) is 5. The Labute approximate surface area is 255 Å². The van der Waals surface area contributed by atoms with Gasteiger partial charge in [0.15, 0.2) is 11.5 Å². The lowest BCUT2D eigenvalue weighted by molar-refractivity contribution is 0.254. The van der Waals surface area contributed by atoms with Gasteiger partial charge in [-0.2, -0.15) is 5.10 Å². The van der Waals surface area contributed by atoms with Crippen molar-refractivity contribution >= 4 is 39.9 Å². The van der Waals surface area contributed by atoms with Crippen LogP contribution >= 0.6 is 11.6 Å². The number of hydrogen-bond acceptors (Lipinski definition) is 8. The smallest absolute Gasteiger partial charge is 0.323 e. The summed E-state index contributed by atoms with van der Waals surface area (Å²) in [5, 5.41) is 11.0. The molecule has 0 unspecified atom stereocenters. The van der Waals surface area contributed by atoms with Gasteiger partial charge in [0.1, 0.15) is 12.1 Å².